The van der Waals surface area contributed by atoms with E-state index in [-0.39, 0.29) is 35.9 Å². The smallest absolute Gasteiger partial charge is 0.191 e. The number of guanidine groups is 1. The number of hydrogen-bond acceptors (Lipinski definition) is 2. The Balaban J connectivity index is 0.00000280. The molecule has 6 heteroatoms. The molecule has 1 fully saturated rings. The Morgan fingerprint density at radius 1 is 1.11 bits per heavy atom. The van der Waals surface area contributed by atoms with Crippen LogP contribution in [0.25, 0.3) is 0 Å². The molecular formula is C22H29FIN3O. The first-order valence-corrected chi connectivity index (χ1v) is 9.53. The molecule has 2 N–H and O–H groups in total. The fourth-order valence-electron chi connectivity index (χ4n) is 3.41. The number of hydrogen-bond donors (Lipinski definition) is 2. The molecular weight excluding hydrogens is 468 g/mol. The molecule has 2 aromatic rings. The summed E-state index contributed by atoms with van der Waals surface area (Å²) in [6, 6.07) is 15.1. The zero-order valence-corrected chi connectivity index (χ0v) is 18.8. The predicted molar refractivity (Wildman–Crippen MR) is 123 cm³/mol. The Hall–Kier alpha value is -1.67. The minimum atomic E-state index is -0.222. The lowest BCUT2D eigenvalue weighted by Crippen LogP contribution is -2.41. The summed E-state index contributed by atoms with van der Waals surface area (Å²) in [7, 11) is 1.76. The molecule has 0 aromatic heterocycles. The van der Waals surface area contributed by atoms with E-state index < -0.39 is 0 Å². The number of aliphatic imine (C=N–C) groups is 1. The van der Waals surface area contributed by atoms with Gasteiger partial charge in [0.05, 0.1) is 6.10 Å². The average molecular weight is 497 g/mol. The van der Waals surface area contributed by atoms with Crippen LogP contribution in [-0.4, -0.2) is 26.2 Å². The molecule has 2 atom stereocenters. The number of aryl methyl sites for hydroxylation is 1. The second-order valence-corrected chi connectivity index (χ2v) is 7.04. The third-order valence-electron chi connectivity index (χ3n) is 4.98. The van der Waals surface area contributed by atoms with E-state index in [1.54, 1.807) is 19.2 Å². The van der Waals surface area contributed by atoms with Crippen molar-refractivity contribution in [1.29, 1.82) is 0 Å². The molecule has 0 radical (unpaired) electrons. The second kappa shape index (κ2) is 11.4. The number of halogens is 2. The van der Waals surface area contributed by atoms with Crippen LogP contribution in [0.15, 0.2) is 53.5 Å². The number of nitrogens with one attached hydrogen (secondary N) is 2. The molecule has 1 aliphatic heterocycles. The van der Waals surface area contributed by atoms with Gasteiger partial charge in [-0.25, -0.2) is 4.39 Å². The molecule has 28 heavy (non-hydrogen) atoms. The standard InChI is InChI=1S/C22H28FN3O.HI/c1-16-5-9-18(10-6-16)21-19(4-3-13-27-21)15-26-22(24-2)25-14-17-7-11-20(23)12-8-17;/h5-12,19,21H,3-4,13-15H2,1-2H3,(H2,24,25,26);1H. The van der Waals surface area contributed by atoms with Crippen LogP contribution in [0.1, 0.15) is 35.6 Å². The summed E-state index contributed by atoms with van der Waals surface area (Å²) in [5, 5.41) is 6.70. The number of ether oxygens (including phenoxy) is 1. The highest BCUT2D eigenvalue weighted by Gasteiger charge is 2.27. The van der Waals surface area contributed by atoms with Crippen LogP contribution in [0.2, 0.25) is 0 Å². The zero-order chi connectivity index (χ0) is 19.1. The molecule has 2 aromatic carbocycles. The van der Waals surface area contributed by atoms with Crippen molar-refractivity contribution < 1.29 is 9.13 Å². The van der Waals surface area contributed by atoms with E-state index in [2.05, 4.69) is 46.8 Å². The van der Waals surface area contributed by atoms with Crippen molar-refractivity contribution in [2.75, 3.05) is 20.2 Å². The molecule has 2 unspecified atom stereocenters. The van der Waals surface area contributed by atoms with Crippen LogP contribution in [0.5, 0.6) is 0 Å². The van der Waals surface area contributed by atoms with E-state index in [9.17, 15) is 4.39 Å². The van der Waals surface area contributed by atoms with Gasteiger partial charge < -0.3 is 15.4 Å². The monoisotopic (exact) mass is 497 g/mol. The molecule has 1 saturated heterocycles. The largest absolute Gasteiger partial charge is 0.373 e. The molecule has 0 bridgehead atoms. The molecule has 3 rings (SSSR count). The molecule has 4 nitrogen and oxygen atoms in total. The topological polar surface area (TPSA) is 45.7 Å². The van der Waals surface area contributed by atoms with Gasteiger partial charge in [0.1, 0.15) is 5.82 Å². The normalized spacial score (nSPS) is 19.6. The minimum Gasteiger partial charge on any atom is -0.373 e. The average Bonchev–Trinajstić information content (AvgIpc) is 2.70. The lowest BCUT2D eigenvalue weighted by Gasteiger charge is -2.32. The number of benzene rings is 2. The maximum atomic E-state index is 13.0. The number of rotatable bonds is 5. The fourth-order valence-corrected chi connectivity index (χ4v) is 3.41. The van der Waals surface area contributed by atoms with Gasteiger partial charge in [-0.15, -0.1) is 24.0 Å². The predicted octanol–water partition coefficient (Wildman–Crippen LogP) is 4.59. The zero-order valence-electron chi connectivity index (χ0n) is 16.5. The van der Waals surface area contributed by atoms with Crippen LogP contribution in [0.4, 0.5) is 4.39 Å². The maximum absolute atomic E-state index is 13.0. The van der Waals surface area contributed by atoms with Crippen molar-refractivity contribution >= 4 is 29.9 Å². The van der Waals surface area contributed by atoms with Crippen molar-refractivity contribution in [2.24, 2.45) is 10.9 Å². The van der Waals surface area contributed by atoms with Gasteiger partial charge in [0.2, 0.25) is 0 Å². The van der Waals surface area contributed by atoms with Crippen LogP contribution in [0.3, 0.4) is 0 Å². The van der Waals surface area contributed by atoms with Crippen LogP contribution in [0, 0.1) is 18.7 Å². The molecule has 0 spiro atoms. The van der Waals surface area contributed by atoms with Gasteiger partial charge in [-0.05, 0) is 43.0 Å². The number of nitrogens with zero attached hydrogens (tertiary/aromatic N) is 1. The van der Waals surface area contributed by atoms with Crippen LogP contribution < -0.4 is 10.6 Å². The fraction of sp³-hybridized carbons (Fsp3) is 0.409. The molecule has 0 saturated carbocycles. The Labute approximate surface area is 184 Å². The van der Waals surface area contributed by atoms with E-state index in [1.165, 1.54) is 23.3 Å². The summed E-state index contributed by atoms with van der Waals surface area (Å²) >= 11 is 0. The van der Waals surface area contributed by atoms with Crippen molar-refractivity contribution in [2.45, 2.75) is 32.4 Å². The summed E-state index contributed by atoms with van der Waals surface area (Å²) < 4.78 is 19.1. The first kappa shape index (κ1) is 22.6. The van der Waals surface area contributed by atoms with Crippen molar-refractivity contribution in [3.8, 4) is 0 Å². The molecule has 0 aliphatic carbocycles. The quantitative estimate of drug-likeness (QED) is 0.361. The van der Waals surface area contributed by atoms with Gasteiger partial charge in [-0.3, -0.25) is 4.99 Å². The van der Waals surface area contributed by atoms with Gasteiger partial charge in [-0.2, -0.15) is 0 Å². The highest BCUT2D eigenvalue weighted by Crippen LogP contribution is 2.33. The molecule has 0 amide bonds. The molecule has 1 heterocycles. The van der Waals surface area contributed by atoms with Gasteiger partial charge in [0.15, 0.2) is 5.96 Å². The lowest BCUT2D eigenvalue weighted by molar-refractivity contribution is -0.0265. The van der Waals surface area contributed by atoms with Gasteiger partial charge in [0, 0.05) is 32.7 Å². The Bertz CT molecular complexity index is 749. The summed E-state index contributed by atoms with van der Waals surface area (Å²) in [6.07, 6.45) is 2.32. The van der Waals surface area contributed by atoms with Gasteiger partial charge in [0.25, 0.3) is 0 Å². The highest BCUT2D eigenvalue weighted by atomic mass is 127. The Morgan fingerprint density at radius 3 is 2.50 bits per heavy atom. The van der Waals surface area contributed by atoms with Crippen LogP contribution >= 0.6 is 24.0 Å². The summed E-state index contributed by atoms with van der Waals surface area (Å²) in [4.78, 5) is 4.29. The Morgan fingerprint density at radius 2 is 1.82 bits per heavy atom. The second-order valence-electron chi connectivity index (χ2n) is 7.04. The van der Waals surface area contributed by atoms with Gasteiger partial charge >= 0.3 is 0 Å². The van der Waals surface area contributed by atoms with Crippen molar-refractivity contribution in [3.63, 3.8) is 0 Å². The first-order chi connectivity index (χ1) is 13.2. The van der Waals surface area contributed by atoms with Crippen LogP contribution in [-0.2, 0) is 11.3 Å². The SMILES string of the molecule is CN=C(NCc1ccc(F)cc1)NCC1CCCOC1c1ccc(C)cc1.I. The molecule has 1 aliphatic rings. The third-order valence-corrected chi connectivity index (χ3v) is 4.98. The van der Waals surface area contributed by atoms with E-state index in [1.807, 2.05) is 0 Å². The molecule has 152 valence electrons. The van der Waals surface area contributed by atoms with E-state index in [0.717, 1.165) is 37.5 Å². The minimum absolute atomic E-state index is 0. The Kier molecular flexibility index (Phi) is 9.18. The van der Waals surface area contributed by atoms with E-state index in [4.69, 9.17) is 4.74 Å². The summed E-state index contributed by atoms with van der Waals surface area (Å²) in [6.45, 7) is 4.30. The maximum Gasteiger partial charge on any atom is 0.191 e. The first-order valence-electron chi connectivity index (χ1n) is 9.53. The summed E-state index contributed by atoms with van der Waals surface area (Å²) in [5.41, 5.74) is 3.51. The van der Waals surface area contributed by atoms with E-state index in [0.29, 0.717) is 12.5 Å². The summed E-state index contributed by atoms with van der Waals surface area (Å²) in [5.74, 6) is 0.916. The van der Waals surface area contributed by atoms with Crippen molar-refractivity contribution in [1.82, 2.24) is 10.6 Å². The van der Waals surface area contributed by atoms with E-state index >= 15 is 0 Å². The highest BCUT2D eigenvalue weighted by molar-refractivity contribution is 14.0. The third kappa shape index (κ3) is 6.44. The lowest BCUT2D eigenvalue weighted by atomic mass is 9.89. The van der Waals surface area contributed by atoms with Gasteiger partial charge in [-0.1, -0.05) is 42.0 Å². The van der Waals surface area contributed by atoms with Crippen molar-refractivity contribution in [3.05, 3.63) is 71.0 Å².